The molecule has 0 fully saturated rings. The average molecular weight is 169 g/mol. The lowest BCUT2D eigenvalue weighted by Crippen LogP contribution is -2.47. The smallest absolute Gasteiger partial charge is 0.193 e. The lowest BCUT2D eigenvalue weighted by atomic mass is 9.93. The Bertz CT molecular complexity index is 184. The van der Waals surface area contributed by atoms with Crippen molar-refractivity contribution in [1.82, 2.24) is 10.2 Å². The maximum absolute atomic E-state index is 4.48. The zero-order valence-corrected chi connectivity index (χ0v) is 8.52. The normalized spacial score (nSPS) is 21.2. The summed E-state index contributed by atoms with van der Waals surface area (Å²) in [6.07, 6.45) is 0. The molecule has 1 N–H and O–H groups in total. The van der Waals surface area contributed by atoms with Crippen LogP contribution < -0.4 is 5.32 Å². The Hall–Kier alpha value is -0.730. The molecule has 1 heterocycles. The van der Waals surface area contributed by atoms with E-state index in [9.17, 15) is 0 Å². The minimum atomic E-state index is 0.318. The number of aliphatic imine (C=N–C) groups is 1. The Kier molecular flexibility index (Phi) is 2.60. The first-order chi connectivity index (χ1) is 5.55. The molecule has 0 bridgehead atoms. The van der Waals surface area contributed by atoms with E-state index in [1.807, 2.05) is 0 Å². The summed E-state index contributed by atoms with van der Waals surface area (Å²) in [6.45, 7) is 9.55. The van der Waals surface area contributed by atoms with E-state index in [0.717, 1.165) is 25.6 Å². The van der Waals surface area contributed by atoms with E-state index in [1.165, 1.54) is 0 Å². The van der Waals surface area contributed by atoms with E-state index < -0.39 is 0 Å². The summed E-state index contributed by atoms with van der Waals surface area (Å²) >= 11 is 0. The summed E-state index contributed by atoms with van der Waals surface area (Å²) in [6, 6.07) is 0. The molecule has 0 unspecified atom stereocenters. The van der Waals surface area contributed by atoms with Gasteiger partial charge < -0.3 is 10.2 Å². The molecular weight excluding hydrogens is 150 g/mol. The topological polar surface area (TPSA) is 27.6 Å². The third kappa shape index (κ3) is 2.13. The third-order valence-electron chi connectivity index (χ3n) is 2.22. The lowest BCUT2D eigenvalue weighted by Gasteiger charge is -2.32. The van der Waals surface area contributed by atoms with Gasteiger partial charge in [-0.1, -0.05) is 13.8 Å². The van der Waals surface area contributed by atoms with Gasteiger partial charge in [-0.25, -0.2) is 0 Å². The lowest BCUT2D eigenvalue weighted by molar-refractivity contribution is 0.342. The predicted molar refractivity (Wildman–Crippen MR) is 52.4 cm³/mol. The molecule has 0 saturated heterocycles. The molecule has 0 aromatic heterocycles. The SMILES string of the molecule is CCN(C)C1=NCC(C)(C)CN1. The van der Waals surface area contributed by atoms with Crippen molar-refractivity contribution in [3.63, 3.8) is 0 Å². The molecule has 3 heteroatoms. The fourth-order valence-electron chi connectivity index (χ4n) is 1.12. The van der Waals surface area contributed by atoms with E-state index in [0.29, 0.717) is 5.41 Å². The number of hydrogen-bond donors (Lipinski definition) is 1. The molecule has 1 aliphatic rings. The molecule has 0 amide bonds. The summed E-state index contributed by atoms with van der Waals surface area (Å²) in [5.41, 5.74) is 0.318. The maximum Gasteiger partial charge on any atom is 0.193 e. The first kappa shape index (κ1) is 9.36. The number of rotatable bonds is 1. The van der Waals surface area contributed by atoms with Crippen LogP contribution in [0.1, 0.15) is 20.8 Å². The molecular formula is C9H19N3. The van der Waals surface area contributed by atoms with Crippen LogP contribution in [0.4, 0.5) is 0 Å². The van der Waals surface area contributed by atoms with Crippen LogP contribution in [0.15, 0.2) is 4.99 Å². The molecule has 0 aromatic rings. The molecule has 12 heavy (non-hydrogen) atoms. The highest BCUT2D eigenvalue weighted by Crippen LogP contribution is 2.16. The average Bonchev–Trinajstić information content (AvgIpc) is 2.03. The van der Waals surface area contributed by atoms with Crippen molar-refractivity contribution in [3.05, 3.63) is 0 Å². The van der Waals surface area contributed by atoms with Crippen molar-refractivity contribution in [2.75, 3.05) is 26.7 Å². The zero-order chi connectivity index (χ0) is 9.19. The van der Waals surface area contributed by atoms with Gasteiger partial charge in [0.05, 0.1) is 0 Å². The molecule has 0 aromatic carbocycles. The Morgan fingerprint density at radius 2 is 2.25 bits per heavy atom. The van der Waals surface area contributed by atoms with Gasteiger partial charge >= 0.3 is 0 Å². The number of nitrogens with one attached hydrogen (secondary N) is 1. The molecule has 1 rings (SSSR count). The fourth-order valence-corrected chi connectivity index (χ4v) is 1.12. The maximum atomic E-state index is 4.48. The second kappa shape index (κ2) is 3.33. The highest BCUT2D eigenvalue weighted by molar-refractivity contribution is 5.80. The Morgan fingerprint density at radius 1 is 1.58 bits per heavy atom. The van der Waals surface area contributed by atoms with Crippen LogP contribution in [-0.4, -0.2) is 37.5 Å². The van der Waals surface area contributed by atoms with Crippen LogP contribution in [0.5, 0.6) is 0 Å². The monoisotopic (exact) mass is 169 g/mol. The van der Waals surface area contributed by atoms with Gasteiger partial charge in [-0.3, -0.25) is 4.99 Å². The van der Waals surface area contributed by atoms with Crippen LogP contribution in [0, 0.1) is 5.41 Å². The van der Waals surface area contributed by atoms with Gasteiger partial charge in [0.25, 0.3) is 0 Å². The second-order valence-corrected chi connectivity index (χ2v) is 4.17. The molecule has 0 saturated carbocycles. The Balaban J connectivity index is 2.56. The molecule has 1 aliphatic heterocycles. The fraction of sp³-hybridized carbons (Fsp3) is 0.889. The van der Waals surface area contributed by atoms with Crippen LogP contribution in [0.2, 0.25) is 0 Å². The van der Waals surface area contributed by atoms with E-state index in [1.54, 1.807) is 0 Å². The van der Waals surface area contributed by atoms with Crippen molar-refractivity contribution in [2.24, 2.45) is 10.4 Å². The minimum absolute atomic E-state index is 0.318. The van der Waals surface area contributed by atoms with Crippen molar-refractivity contribution >= 4 is 5.96 Å². The van der Waals surface area contributed by atoms with Gasteiger partial charge in [-0.2, -0.15) is 0 Å². The quantitative estimate of drug-likeness (QED) is 0.632. The van der Waals surface area contributed by atoms with E-state index in [2.05, 4.69) is 43.0 Å². The van der Waals surface area contributed by atoms with Crippen LogP contribution >= 0.6 is 0 Å². The molecule has 0 atom stereocenters. The predicted octanol–water partition coefficient (Wildman–Crippen LogP) is 0.923. The van der Waals surface area contributed by atoms with E-state index in [4.69, 9.17) is 0 Å². The standard InChI is InChI=1S/C9H19N3/c1-5-12(4)8-10-6-9(2,3)7-11-8/h5-7H2,1-4H3,(H,10,11). The van der Waals surface area contributed by atoms with Gasteiger partial charge in [0.2, 0.25) is 0 Å². The van der Waals surface area contributed by atoms with Crippen LogP contribution in [0.3, 0.4) is 0 Å². The number of guanidine groups is 1. The summed E-state index contributed by atoms with van der Waals surface area (Å²) in [5.74, 6) is 1.04. The van der Waals surface area contributed by atoms with Crippen LogP contribution in [-0.2, 0) is 0 Å². The Labute approximate surface area is 74.9 Å². The van der Waals surface area contributed by atoms with Gasteiger partial charge in [0.15, 0.2) is 5.96 Å². The van der Waals surface area contributed by atoms with Crippen LogP contribution in [0.25, 0.3) is 0 Å². The first-order valence-electron chi connectivity index (χ1n) is 4.54. The third-order valence-corrected chi connectivity index (χ3v) is 2.22. The molecule has 3 nitrogen and oxygen atoms in total. The molecule has 70 valence electrons. The summed E-state index contributed by atoms with van der Waals surface area (Å²) in [4.78, 5) is 6.62. The second-order valence-electron chi connectivity index (χ2n) is 4.17. The molecule has 0 aliphatic carbocycles. The van der Waals surface area contributed by atoms with Gasteiger partial charge in [0.1, 0.15) is 0 Å². The first-order valence-corrected chi connectivity index (χ1v) is 4.54. The molecule has 0 spiro atoms. The minimum Gasteiger partial charge on any atom is -0.356 e. The Morgan fingerprint density at radius 3 is 2.67 bits per heavy atom. The summed E-state index contributed by atoms with van der Waals surface area (Å²) < 4.78 is 0. The largest absolute Gasteiger partial charge is 0.356 e. The molecule has 0 radical (unpaired) electrons. The van der Waals surface area contributed by atoms with E-state index in [-0.39, 0.29) is 0 Å². The van der Waals surface area contributed by atoms with Gasteiger partial charge in [-0.15, -0.1) is 0 Å². The number of hydrogen-bond acceptors (Lipinski definition) is 3. The zero-order valence-electron chi connectivity index (χ0n) is 8.52. The van der Waals surface area contributed by atoms with Crippen molar-refractivity contribution in [1.29, 1.82) is 0 Å². The van der Waals surface area contributed by atoms with Crippen molar-refractivity contribution < 1.29 is 0 Å². The van der Waals surface area contributed by atoms with Crippen molar-refractivity contribution in [2.45, 2.75) is 20.8 Å². The summed E-state index contributed by atoms with van der Waals surface area (Å²) in [5, 5.41) is 3.34. The van der Waals surface area contributed by atoms with Gasteiger partial charge in [-0.05, 0) is 6.92 Å². The van der Waals surface area contributed by atoms with Crippen molar-refractivity contribution in [3.8, 4) is 0 Å². The highest BCUT2D eigenvalue weighted by Gasteiger charge is 2.22. The van der Waals surface area contributed by atoms with E-state index >= 15 is 0 Å². The highest BCUT2D eigenvalue weighted by atomic mass is 15.3. The number of nitrogens with zero attached hydrogens (tertiary/aromatic N) is 2. The van der Waals surface area contributed by atoms with Gasteiger partial charge in [0, 0.05) is 32.1 Å². The summed E-state index contributed by atoms with van der Waals surface area (Å²) in [7, 11) is 2.06.